The first-order valence-corrected chi connectivity index (χ1v) is 9.64. The van der Waals surface area contributed by atoms with Gasteiger partial charge >= 0.3 is 0 Å². The molecule has 5 nitrogen and oxygen atoms in total. The van der Waals surface area contributed by atoms with Crippen molar-refractivity contribution >= 4 is 12.1 Å². The van der Waals surface area contributed by atoms with E-state index in [0.717, 1.165) is 22.3 Å². The molecule has 0 bridgehead atoms. The summed E-state index contributed by atoms with van der Waals surface area (Å²) in [7, 11) is 0. The first kappa shape index (κ1) is 20.8. The number of hydrogen-bond acceptors (Lipinski definition) is 4. The lowest BCUT2D eigenvalue weighted by Crippen LogP contribution is -2.20. The monoisotopic (exact) mass is 397 g/mol. The highest BCUT2D eigenvalue weighted by molar-refractivity contribution is 5.83. The minimum Gasteiger partial charge on any atom is -0.489 e. The van der Waals surface area contributed by atoms with Gasteiger partial charge in [0.1, 0.15) is 12.4 Å². The van der Waals surface area contributed by atoms with Gasteiger partial charge in [0.05, 0.1) is 24.3 Å². The van der Waals surface area contributed by atoms with Crippen LogP contribution in [0, 0.1) is 25.2 Å². The summed E-state index contributed by atoms with van der Waals surface area (Å²) in [5.74, 6) is 0.493. The number of carbonyl (C=O) groups excluding carboxylic acids is 1. The maximum atomic E-state index is 12.2. The van der Waals surface area contributed by atoms with Crippen molar-refractivity contribution in [3.8, 4) is 11.8 Å². The van der Waals surface area contributed by atoms with E-state index in [0.29, 0.717) is 17.9 Å². The molecule has 0 heterocycles. The normalized spacial score (nSPS) is 10.6. The number of carbonyl (C=O) groups is 1. The number of nitriles is 1. The van der Waals surface area contributed by atoms with E-state index in [9.17, 15) is 4.79 Å². The molecule has 1 amide bonds. The zero-order chi connectivity index (χ0) is 21.3. The Labute approximate surface area is 176 Å². The third-order valence-corrected chi connectivity index (χ3v) is 4.64. The largest absolute Gasteiger partial charge is 0.489 e. The molecule has 3 aromatic carbocycles. The summed E-state index contributed by atoms with van der Waals surface area (Å²) in [6.45, 7) is 4.33. The number of benzene rings is 3. The molecule has 0 radical (unpaired) electrons. The quantitative estimate of drug-likeness (QED) is 0.473. The highest BCUT2D eigenvalue weighted by Crippen LogP contribution is 2.16. The number of aryl methyl sites for hydroxylation is 2. The fourth-order valence-corrected chi connectivity index (χ4v) is 3.04. The molecule has 150 valence electrons. The minimum absolute atomic E-state index is 0.168. The summed E-state index contributed by atoms with van der Waals surface area (Å²) in [5, 5.41) is 13.2. The second kappa shape index (κ2) is 10.0. The Bertz CT molecular complexity index is 1110. The number of amides is 1. The van der Waals surface area contributed by atoms with Crippen molar-refractivity contribution in [2.45, 2.75) is 26.9 Å². The smallest absolute Gasteiger partial charge is 0.244 e. The molecule has 30 heavy (non-hydrogen) atoms. The average molecular weight is 397 g/mol. The Morgan fingerprint density at radius 3 is 2.70 bits per heavy atom. The summed E-state index contributed by atoms with van der Waals surface area (Å²) in [6, 6.07) is 22.9. The third kappa shape index (κ3) is 5.79. The van der Waals surface area contributed by atoms with Crippen LogP contribution in [0.25, 0.3) is 0 Å². The predicted octanol–water partition coefficient (Wildman–Crippen LogP) is 4.45. The Hall–Kier alpha value is -3.91. The lowest BCUT2D eigenvalue weighted by Gasteiger charge is -2.08. The second-order valence-electron chi connectivity index (χ2n) is 7.03. The maximum Gasteiger partial charge on any atom is 0.244 e. The van der Waals surface area contributed by atoms with Crippen molar-refractivity contribution in [1.29, 1.82) is 5.26 Å². The molecule has 0 aliphatic carbocycles. The van der Waals surface area contributed by atoms with E-state index in [1.165, 1.54) is 5.56 Å². The van der Waals surface area contributed by atoms with Crippen LogP contribution in [-0.4, -0.2) is 12.1 Å². The van der Waals surface area contributed by atoms with Gasteiger partial charge in [-0.05, 0) is 48.7 Å². The maximum absolute atomic E-state index is 12.2. The van der Waals surface area contributed by atoms with Gasteiger partial charge in [0.25, 0.3) is 0 Å². The summed E-state index contributed by atoms with van der Waals surface area (Å²) in [5.41, 5.74) is 8.05. The number of hydrazone groups is 1. The first-order chi connectivity index (χ1) is 14.5. The summed E-state index contributed by atoms with van der Waals surface area (Å²) < 4.78 is 5.80. The lowest BCUT2D eigenvalue weighted by atomic mass is 10.0. The van der Waals surface area contributed by atoms with E-state index in [1.54, 1.807) is 12.3 Å². The Balaban J connectivity index is 1.56. The number of hydrogen-bond donors (Lipinski definition) is 1. The van der Waals surface area contributed by atoms with Crippen LogP contribution >= 0.6 is 0 Å². The molecule has 0 fully saturated rings. The van der Waals surface area contributed by atoms with Crippen LogP contribution in [0.1, 0.15) is 33.4 Å². The molecule has 3 aromatic rings. The van der Waals surface area contributed by atoms with Gasteiger partial charge in [-0.1, -0.05) is 54.1 Å². The van der Waals surface area contributed by atoms with Crippen molar-refractivity contribution < 1.29 is 9.53 Å². The van der Waals surface area contributed by atoms with E-state index < -0.39 is 0 Å². The molecule has 0 aliphatic heterocycles. The Morgan fingerprint density at radius 1 is 1.07 bits per heavy atom. The van der Waals surface area contributed by atoms with Gasteiger partial charge in [0, 0.05) is 5.56 Å². The number of ether oxygens (including phenoxy) is 1. The van der Waals surface area contributed by atoms with E-state index >= 15 is 0 Å². The highest BCUT2D eigenvalue weighted by Gasteiger charge is 2.05. The molecule has 0 unspecified atom stereocenters. The number of rotatable bonds is 7. The molecule has 0 atom stereocenters. The molecule has 0 spiro atoms. The van der Waals surface area contributed by atoms with Gasteiger partial charge in [0.15, 0.2) is 0 Å². The van der Waals surface area contributed by atoms with Gasteiger partial charge < -0.3 is 4.74 Å². The molecule has 0 aliphatic rings. The highest BCUT2D eigenvalue weighted by atomic mass is 16.5. The minimum atomic E-state index is -0.168. The number of nitrogens with one attached hydrogen (secondary N) is 1. The lowest BCUT2D eigenvalue weighted by molar-refractivity contribution is -0.120. The zero-order valence-corrected chi connectivity index (χ0v) is 17.1. The van der Waals surface area contributed by atoms with Crippen LogP contribution in [0.4, 0.5) is 0 Å². The molecule has 5 heteroatoms. The SMILES string of the molecule is Cc1ccc(CC(=O)N/N=C/c2cccc(OCc3ccccc3C#N)c2)c(C)c1. The summed E-state index contributed by atoms with van der Waals surface area (Å²) in [4.78, 5) is 12.2. The van der Waals surface area contributed by atoms with Crippen LogP contribution in [0.2, 0.25) is 0 Å². The van der Waals surface area contributed by atoms with Crippen LogP contribution in [0.3, 0.4) is 0 Å². The van der Waals surface area contributed by atoms with Crippen molar-refractivity contribution in [1.82, 2.24) is 5.43 Å². The summed E-state index contributed by atoms with van der Waals surface area (Å²) in [6.07, 6.45) is 1.86. The van der Waals surface area contributed by atoms with E-state index in [4.69, 9.17) is 10.00 Å². The van der Waals surface area contributed by atoms with Crippen LogP contribution in [0.15, 0.2) is 71.8 Å². The fourth-order valence-electron chi connectivity index (χ4n) is 3.04. The van der Waals surface area contributed by atoms with Gasteiger partial charge in [0.2, 0.25) is 5.91 Å². The molecular weight excluding hydrogens is 374 g/mol. The van der Waals surface area contributed by atoms with E-state index in [1.807, 2.05) is 68.4 Å². The molecule has 0 saturated heterocycles. The Morgan fingerprint density at radius 2 is 1.90 bits per heavy atom. The molecule has 0 saturated carbocycles. The van der Waals surface area contributed by atoms with Gasteiger partial charge in [-0.3, -0.25) is 4.79 Å². The predicted molar refractivity (Wildman–Crippen MR) is 117 cm³/mol. The van der Waals surface area contributed by atoms with Crippen molar-refractivity contribution in [3.05, 3.63) is 100 Å². The zero-order valence-electron chi connectivity index (χ0n) is 17.1. The molecular formula is C25H23N3O2. The second-order valence-corrected chi connectivity index (χ2v) is 7.03. The number of nitrogens with zero attached hydrogens (tertiary/aromatic N) is 2. The van der Waals surface area contributed by atoms with Crippen LogP contribution in [0.5, 0.6) is 5.75 Å². The average Bonchev–Trinajstić information content (AvgIpc) is 2.75. The van der Waals surface area contributed by atoms with E-state index in [-0.39, 0.29) is 12.3 Å². The topological polar surface area (TPSA) is 74.5 Å². The van der Waals surface area contributed by atoms with Gasteiger partial charge in [-0.25, -0.2) is 5.43 Å². The first-order valence-electron chi connectivity index (χ1n) is 9.64. The standard InChI is InChI=1S/C25H23N3O2/c1-18-10-11-21(19(2)12-18)14-25(29)28-27-16-20-6-5-9-24(13-20)30-17-23-8-4-3-7-22(23)15-26/h3-13,16H,14,17H2,1-2H3,(H,28,29)/b27-16+. The Kier molecular flexibility index (Phi) is 6.96. The molecule has 0 aromatic heterocycles. The van der Waals surface area contributed by atoms with Crippen molar-refractivity contribution in [2.75, 3.05) is 0 Å². The van der Waals surface area contributed by atoms with E-state index in [2.05, 4.69) is 22.7 Å². The third-order valence-electron chi connectivity index (χ3n) is 4.64. The molecule has 1 N–H and O–H groups in total. The van der Waals surface area contributed by atoms with Gasteiger partial charge in [-0.15, -0.1) is 0 Å². The van der Waals surface area contributed by atoms with Crippen molar-refractivity contribution in [2.24, 2.45) is 5.10 Å². The van der Waals surface area contributed by atoms with Gasteiger partial charge in [-0.2, -0.15) is 10.4 Å². The van der Waals surface area contributed by atoms with Crippen molar-refractivity contribution in [3.63, 3.8) is 0 Å². The summed E-state index contributed by atoms with van der Waals surface area (Å²) >= 11 is 0. The fraction of sp³-hybridized carbons (Fsp3) is 0.160. The molecule has 3 rings (SSSR count). The van der Waals surface area contributed by atoms with Crippen LogP contribution in [-0.2, 0) is 17.8 Å². The van der Waals surface area contributed by atoms with Crippen LogP contribution < -0.4 is 10.2 Å².